The minimum Gasteiger partial charge on any atom is -0.396 e. The van der Waals surface area contributed by atoms with Gasteiger partial charge >= 0.3 is 0 Å². The van der Waals surface area contributed by atoms with Crippen molar-refractivity contribution in [2.24, 2.45) is 0 Å². The van der Waals surface area contributed by atoms with Crippen molar-refractivity contribution in [1.29, 1.82) is 0 Å². The van der Waals surface area contributed by atoms with Gasteiger partial charge < -0.3 is 14.7 Å². The van der Waals surface area contributed by atoms with Crippen LogP contribution in [-0.2, 0) is 22.3 Å². The van der Waals surface area contributed by atoms with E-state index in [0.29, 0.717) is 45.0 Å². The molecular weight excluding hydrogens is 486 g/mol. The molecular formula is C29H37N3O4S. The number of pyridine rings is 1. The van der Waals surface area contributed by atoms with Crippen molar-refractivity contribution in [2.45, 2.75) is 63.8 Å². The SMILES string of the molecule is CC(C)(C)[S@@](=O)N1Cc2cc(C(=O)N3CCOCC3)nc(-c3cccc(C4=CCCC4)c3)c2[C@H]1CCO. The number of aromatic nitrogens is 1. The summed E-state index contributed by atoms with van der Waals surface area (Å²) in [5.41, 5.74) is 6.58. The van der Waals surface area contributed by atoms with E-state index in [9.17, 15) is 14.1 Å². The molecule has 0 radical (unpaired) electrons. The van der Waals surface area contributed by atoms with Crippen LogP contribution in [0, 0.1) is 0 Å². The Morgan fingerprint density at radius 1 is 1.19 bits per heavy atom. The van der Waals surface area contributed by atoms with Crippen LogP contribution in [0.1, 0.15) is 79.7 Å². The molecule has 2 atom stereocenters. The average Bonchev–Trinajstić information content (AvgIpc) is 3.56. The standard InChI is InChI=1S/C29H37N3O4S/c1-29(2,3)37(35)32-19-23-18-24(28(34)31-12-15-36-16-13-31)30-27(26(23)25(32)11-14-33)22-10-6-9-21(17-22)20-7-4-5-8-20/h6-7,9-10,17-18,25,33H,4-5,8,11-16,19H2,1-3H3/t25-,37-/m1/s1. The van der Waals surface area contributed by atoms with Crippen LogP contribution in [0.5, 0.6) is 0 Å². The fourth-order valence-corrected chi connectivity index (χ4v) is 6.93. The predicted octanol–water partition coefficient (Wildman–Crippen LogP) is 4.49. The quantitative estimate of drug-likeness (QED) is 0.603. The van der Waals surface area contributed by atoms with Gasteiger partial charge in [-0.15, -0.1) is 0 Å². The number of carbonyl (C=O) groups excluding carboxylic acids is 1. The molecule has 3 aliphatic rings. The molecule has 0 unspecified atom stereocenters. The van der Waals surface area contributed by atoms with Crippen LogP contribution in [0.15, 0.2) is 36.4 Å². The Bertz CT molecular complexity index is 1230. The highest BCUT2D eigenvalue weighted by Crippen LogP contribution is 2.44. The zero-order chi connectivity index (χ0) is 26.2. The van der Waals surface area contributed by atoms with Crippen LogP contribution in [-0.4, -0.2) is 67.1 Å². The summed E-state index contributed by atoms with van der Waals surface area (Å²) in [7, 11) is -1.29. The van der Waals surface area contributed by atoms with E-state index in [4.69, 9.17) is 9.72 Å². The first-order chi connectivity index (χ1) is 17.8. The van der Waals surface area contributed by atoms with Crippen LogP contribution < -0.4 is 0 Å². The lowest BCUT2D eigenvalue weighted by molar-refractivity contribution is 0.0299. The van der Waals surface area contributed by atoms with E-state index < -0.39 is 15.7 Å². The first-order valence-corrected chi connectivity index (χ1v) is 14.4. The molecule has 1 amide bonds. The van der Waals surface area contributed by atoms with Gasteiger partial charge in [0.25, 0.3) is 5.91 Å². The van der Waals surface area contributed by atoms with Crippen LogP contribution in [0.4, 0.5) is 0 Å². The Labute approximate surface area is 222 Å². The number of aliphatic hydroxyl groups is 1. The average molecular weight is 524 g/mol. The van der Waals surface area contributed by atoms with Gasteiger partial charge in [-0.2, -0.15) is 0 Å². The molecule has 1 aromatic heterocycles. The minimum absolute atomic E-state index is 0.0250. The summed E-state index contributed by atoms with van der Waals surface area (Å²) in [6.45, 7) is 8.47. The molecule has 0 bridgehead atoms. The molecule has 5 rings (SSSR count). The summed E-state index contributed by atoms with van der Waals surface area (Å²) in [6, 6.07) is 10.0. The predicted molar refractivity (Wildman–Crippen MR) is 146 cm³/mol. The van der Waals surface area contributed by atoms with Gasteiger partial charge in [-0.3, -0.25) is 4.79 Å². The summed E-state index contributed by atoms with van der Waals surface area (Å²) in [5.74, 6) is -0.101. The normalized spacial score (nSPS) is 21.1. The van der Waals surface area contributed by atoms with Gasteiger partial charge in [-0.25, -0.2) is 13.5 Å². The number of ether oxygens (including phenoxy) is 1. The van der Waals surface area contributed by atoms with Gasteiger partial charge in [0.1, 0.15) is 16.7 Å². The fraction of sp³-hybridized carbons (Fsp3) is 0.517. The van der Waals surface area contributed by atoms with Gasteiger partial charge in [0, 0.05) is 37.4 Å². The van der Waals surface area contributed by atoms with Gasteiger partial charge in [0.2, 0.25) is 0 Å². The van der Waals surface area contributed by atoms with E-state index in [1.54, 1.807) is 4.90 Å². The topological polar surface area (TPSA) is 83.0 Å². The lowest BCUT2D eigenvalue weighted by atomic mass is 9.94. The summed E-state index contributed by atoms with van der Waals surface area (Å²) in [4.78, 5) is 20.3. The van der Waals surface area contributed by atoms with Gasteiger partial charge in [0.05, 0.1) is 29.7 Å². The number of hydrogen-bond acceptors (Lipinski definition) is 5. The number of morpholine rings is 1. The number of allylic oxidation sites excluding steroid dienone is 2. The third-order valence-electron chi connectivity index (χ3n) is 7.36. The van der Waals surface area contributed by atoms with E-state index in [-0.39, 0.29) is 18.6 Å². The van der Waals surface area contributed by atoms with Crippen molar-refractivity contribution in [3.05, 3.63) is 58.8 Å². The number of benzene rings is 1. The second kappa shape index (κ2) is 10.8. The Morgan fingerprint density at radius 2 is 1.95 bits per heavy atom. The van der Waals surface area contributed by atoms with Gasteiger partial charge in [-0.1, -0.05) is 24.3 Å². The lowest BCUT2D eigenvalue weighted by Gasteiger charge is -2.30. The molecule has 198 valence electrons. The highest BCUT2D eigenvalue weighted by atomic mass is 32.2. The molecule has 2 aliphatic heterocycles. The number of fused-ring (bicyclic) bond motifs is 1. The molecule has 3 heterocycles. The van der Waals surface area contributed by atoms with E-state index in [1.807, 2.05) is 37.2 Å². The summed E-state index contributed by atoms with van der Waals surface area (Å²) >= 11 is 0. The van der Waals surface area contributed by atoms with Crippen molar-refractivity contribution < 1.29 is 18.8 Å². The fourth-order valence-electron chi connectivity index (χ4n) is 5.53. The smallest absolute Gasteiger partial charge is 0.272 e. The Hall–Kier alpha value is -2.39. The molecule has 8 heteroatoms. The van der Waals surface area contributed by atoms with Crippen molar-refractivity contribution in [3.8, 4) is 11.3 Å². The van der Waals surface area contributed by atoms with Gasteiger partial charge in [-0.05, 0) is 75.3 Å². The largest absolute Gasteiger partial charge is 0.396 e. The maximum atomic E-state index is 13.6. The minimum atomic E-state index is -1.29. The first kappa shape index (κ1) is 26.2. The Kier molecular flexibility index (Phi) is 7.63. The maximum Gasteiger partial charge on any atom is 0.272 e. The van der Waals surface area contributed by atoms with E-state index in [2.05, 4.69) is 24.3 Å². The second-order valence-corrected chi connectivity index (χ2v) is 13.2. The van der Waals surface area contributed by atoms with Crippen LogP contribution >= 0.6 is 0 Å². The summed E-state index contributed by atoms with van der Waals surface area (Å²) in [5, 5.41) is 9.99. The third kappa shape index (κ3) is 5.30. The summed E-state index contributed by atoms with van der Waals surface area (Å²) < 4.78 is 20.6. The monoisotopic (exact) mass is 523 g/mol. The highest BCUT2D eigenvalue weighted by Gasteiger charge is 2.40. The maximum absolute atomic E-state index is 13.6. The molecule has 0 spiro atoms. The van der Waals surface area contributed by atoms with Crippen LogP contribution in [0.25, 0.3) is 16.8 Å². The molecule has 7 nitrogen and oxygen atoms in total. The molecule has 1 aromatic carbocycles. The van der Waals surface area contributed by atoms with Crippen molar-refractivity contribution >= 4 is 22.5 Å². The van der Waals surface area contributed by atoms with Crippen LogP contribution in [0.2, 0.25) is 0 Å². The molecule has 1 saturated heterocycles. The van der Waals surface area contributed by atoms with Gasteiger partial charge in [0.15, 0.2) is 0 Å². The van der Waals surface area contributed by atoms with Crippen LogP contribution in [0.3, 0.4) is 0 Å². The Balaban J connectivity index is 1.64. The Morgan fingerprint density at radius 3 is 2.62 bits per heavy atom. The molecule has 37 heavy (non-hydrogen) atoms. The van der Waals surface area contributed by atoms with E-state index in [0.717, 1.165) is 35.2 Å². The highest BCUT2D eigenvalue weighted by molar-refractivity contribution is 7.84. The second-order valence-electron chi connectivity index (χ2n) is 11.0. The number of aliphatic hydroxyl groups excluding tert-OH is 1. The first-order valence-electron chi connectivity index (χ1n) is 13.3. The number of hydrogen-bond donors (Lipinski definition) is 1. The third-order valence-corrected chi connectivity index (χ3v) is 9.21. The number of nitrogens with zero attached hydrogens (tertiary/aromatic N) is 3. The number of rotatable bonds is 6. The number of carbonyl (C=O) groups is 1. The van der Waals surface area contributed by atoms with E-state index in [1.165, 1.54) is 17.6 Å². The zero-order valence-electron chi connectivity index (χ0n) is 22.0. The van der Waals surface area contributed by atoms with Crippen molar-refractivity contribution in [1.82, 2.24) is 14.2 Å². The lowest BCUT2D eigenvalue weighted by Crippen LogP contribution is -2.41. The molecule has 1 fully saturated rings. The molecule has 0 saturated carbocycles. The van der Waals surface area contributed by atoms with Crippen molar-refractivity contribution in [2.75, 3.05) is 32.9 Å². The molecule has 2 aromatic rings. The molecule has 1 aliphatic carbocycles. The zero-order valence-corrected chi connectivity index (χ0v) is 22.9. The number of amides is 1. The van der Waals surface area contributed by atoms with E-state index >= 15 is 0 Å². The summed E-state index contributed by atoms with van der Waals surface area (Å²) in [6.07, 6.45) is 6.09. The van der Waals surface area contributed by atoms with Crippen molar-refractivity contribution in [3.63, 3.8) is 0 Å². The molecule has 1 N–H and O–H groups in total.